The fourth-order valence-electron chi connectivity index (χ4n) is 3.57. The number of amides is 1. The van der Waals surface area contributed by atoms with Crippen LogP contribution in [-0.4, -0.2) is 35.3 Å². The van der Waals surface area contributed by atoms with Crippen LogP contribution in [-0.2, 0) is 6.42 Å². The van der Waals surface area contributed by atoms with Crippen molar-refractivity contribution in [2.24, 2.45) is 0 Å². The molecule has 0 saturated carbocycles. The number of nitrogens with zero attached hydrogens (tertiary/aromatic N) is 2. The molecule has 1 saturated heterocycles. The highest BCUT2D eigenvalue weighted by atomic mass is 16.1. The Labute approximate surface area is 136 Å². The van der Waals surface area contributed by atoms with Crippen molar-refractivity contribution in [2.45, 2.75) is 31.2 Å². The van der Waals surface area contributed by atoms with Crippen molar-refractivity contribution in [3.05, 3.63) is 53.3 Å². The molecule has 1 aromatic heterocycles. The molecule has 4 rings (SSSR count). The lowest BCUT2D eigenvalue weighted by molar-refractivity contribution is 0.0943. The quantitative estimate of drug-likeness (QED) is 0.906. The van der Waals surface area contributed by atoms with E-state index in [1.807, 2.05) is 16.9 Å². The van der Waals surface area contributed by atoms with Crippen molar-refractivity contribution in [2.75, 3.05) is 19.6 Å². The number of piperidine rings is 1. The van der Waals surface area contributed by atoms with E-state index < -0.39 is 0 Å². The van der Waals surface area contributed by atoms with E-state index in [1.165, 1.54) is 11.1 Å². The van der Waals surface area contributed by atoms with E-state index in [1.54, 1.807) is 0 Å². The van der Waals surface area contributed by atoms with E-state index in [-0.39, 0.29) is 5.91 Å². The van der Waals surface area contributed by atoms with Crippen molar-refractivity contribution in [3.63, 3.8) is 0 Å². The summed E-state index contributed by atoms with van der Waals surface area (Å²) >= 11 is 0. The van der Waals surface area contributed by atoms with Gasteiger partial charge in [-0.15, -0.1) is 0 Å². The molecular formula is C18H22N4O. The zero-order chi connectivity index (χ0) is 15.6. The molecule has 1 aromatic carbocycles. The number of carbonyl (C=O) groups is 1. The number of carbonyl (C=O) groups excluding carboxylic acids is 1. The highest BCUT2D eigenvalue weighted by Crippen LogP contribution is 2.34. The van der Waals surface area contributed by atoms with E-state index in [0.717, 1.165) is 32.4 Å². The molecule has 1 aliphatic heterocycles. The van der Waals surface area contributed by atoms with Gasteiger partial charge in [-0.2, -0.15) is 5.10 Å². The number of aromatic nitrogens is 2. The lowest BCUT2D eigenvalue weighted by Crippen LogP contribution is -2.34. The van der Waals surface area contributed by atoms with Crippen LogP contribution in [0.15, 0.2) is 36.5 Å². The summed E-state index contributed by atoms with van der Waals surface area (Å²) < 4.78 is 1.93. The molecule has 120 valence electrons. The van der Waals surface area contributed by atoms with Gasteiger partial charge in [0.1, 0.15) is 5.69 Å². The lowest BCUT2D eigenvalue weighted by atomic mass is 9.77. The third-order valence-electron chi connectivity index (χ3n) is 4.96. The fourth-order valence-corrected chi connectivity index (χ4v) is 3.57. The smallest absolute Gasteiger partial charge is 0.271 e. The van der Waals surface area contributed by atoms with Crippen LogP contribution in [0.2, 0.25) is 0 Å². The topological polar surface area (TPSA) is 59.0 Å². The molecule has 0 unspecified atom stereocenters. The summed E-state index contributed by atoms with van der Waals surface area (Å²) in [6, 6.07) is 10.6. The molecule has 2 heterocycles. The molecule has 1 amide bonds. The van der Waals surface area contributed by atoms with Crippen LogP contribution >= 0.6 is 0 Å². The van der Waals surface area contributed by atoms with E-state index in [2.05, 4.69) is 40.0 Å². The monoisotopic (exact) mass is 310 g/mol. The van der Waals surface area contributed by atoms with Crippen LogP contribution in [0.25, 0.3) is 0 Å². The first-order valence-corrected chi connectivity index (χ1v) is 8.43. The van der Waals surface area contributed by atoms with Crippen LogP contribution in [0.1, 0.15) is 46.4 Å². The molecule has 2 aliphatic rings. The number of fused-ring (bicyclic) bond motifs is 1. The van der Waals surface area contributed by atoms with Gasteiger partial charge in [0, 0.05) is 25.2 Å². The van der Waals surface area contributed by atoms with Gasteiger partial charge >= 0.3 is 0 Å². The maximum absolute atomic E-state index is 12.3. The second-order valence-corrected chi connectivity index (χ2v) is 6.49. The molecule has 1 aliphatic carbocycles. The normalized spacial score (nSPS) is 23.0. The average molecular weight is 310 g/mol. The molecule has 0 bridgehead atoms. The first-order chi connectivity index (χ1) is 11.3. The third-order valence-corrected chi connectivity index (χ3v) is 4.96. The van der Waals surface area contributed by atoms with Gasteiger partial charge in [-0.05, 0) is 43.0 Å². The van der Waals surface area contributed by atoms with E-state index in [0.29, 0.717) is 24.2 Å². The third kappa shape index (κ3) is 2.88. The molecule has 0 spiro atoms. The molecule has 0 radical (unpaired) electrons. The van der Waals surface area contributed by atoms with Gasteiger partial charge in [0.2, 0.25) is 0 Å². The van der Waals surface area contributed by atoms with Gasteiger partial charge in [0.15, 0.2) is 0 Å². The van der Waals surface area contributed by atoms with Crippen LogP contribution in [0.4, 0.5) is 0 Å². The Hall–Kier alpha value is -2.14. The summed E-state index contributed by atoms with van der Waals surface area (Å²) in [5, 5.41) is 10.9. The first kappa shape index (κ1) is 14.5. The van der Waals surface area contributed by atoms with Gasteiger partial charge in [-0.3, -0.25) is 9.48 Å². The maximum Gasteiger partial charge on any atom is 0.271 e. The van der Waals surface area contributed by atoms with Crippen molar-refractivity contribution < 1.29 is 4.79 Å². The highest BCUT2D eigenvalue weighted by molar-refractivity contribution is 5.92. The second kappa shape index (κ2) is 6.16. The predicted octanol–water partition coefficient (Wildman–Crippen LogP) is 1.88. The minimum Gasteiger partial charge on any atom is -0.350 e. The fraction of sp³-hybridized carbons (Fsp3) is 0.444. The summed E-state index contributed by atoms with van der Waals surface area (Å²) in [6.07, 6.45) is 5.26. The molecule has 5 heteroatoms. The minimum absolute atomic E-state index is 0.0723. The molecule has 5 nitrogen and oxygen atoms in total. The van der Waals surface area contributed by atoms with E-state index in [4.69, 9.17) is 0 Å². The van der Waals surface area contributed by atoms with Crippen LogP contribution in [0, 0.1) is 0 Å². The van der Waals surface area contributed by atoms with Crippen LogP contribution in [0.3, 0.4) is 0 Å². The maximum atomic E-state index is 12.3. The Kier molecular flexibility index (Phi) is 3.87. The Balaban J connectivity index is 1.34. The summed E-state index contributed by atoms with van der Waals surface area (Å²) in [5.41, 5.74) is 3.29. The van der Waals surface area contributed by atoms with Crippen molar-refractivity contribution in [1.82, 2.24) is 20.4 Å². The number of rotatable bonds is 4. The summed E-state index contributed by atoms with van der Waals surface area (Å²) in [7, 11) is 0. The largest absolute Gasteiger partial charge is 0.350 e. The van der Waals surface area contributed by atoms with Gasteiger partial charge in [-0.25, -0.2) is 0 Å². The van der Waals surface area contributed by atoms with Crippen molar-refractivity contribution >= 4 is 5.91 Å². The Morgan fingerprint density at radius 3 is 3.09 bits per heavy atom. The molecule has 2 atom stereocenters. The van der Waals surface area contributed by atoms with Crippen molar-refractivity contribution in [3.8, 4) is 0 Å². The molecular weight excluding hydrogens is 288 g/mol. The molecule has 1 fully saturated rings. The van der Waals surface area contributed by atoms with Gasteiger partial charge in [-0.1, -0.05) is 24.3 Å². The highest BCUT2D eigenvalue weighted by Gasteiger charge is 2.26. The van der Waals surface area contributed by atoms with E-state index in [9.17, 15) is 4.79 Å². The zero-order valence-corrected chi connectivity index (χ0v) is 13.2. The Morgan fingerprint density at radius 1 is 1.35 bits per heavy atom. The van der Waals surface area contributed by atoms with Crippen molar-refractivity contribution in [1.29, 1.82) is 0 Å². The summed E-state index contributed by atoms with van der Waals surface area (Å²) in [6.45, 7) is 2.70. The van der Waals surface area contributed by atoms with E-state index >= 15 is 0 Å². The van der Waals surface area contributed by atoms with Crippen LogP contribution < -0.4 is 10.6 Å². The lowest BCUT2D eigenvalue weighted by Gasteiger charge is -2.30. The van der Waals surface area contributed by atoms with Gasteiger partial charge in [0.05, 0.1) is 6.04 Å². The van der Waals surface area contributed by atoms with Gasteiger partial charge in [0.25, 0.3) is 5.91 Å². The Morgan fingerprint density at radius 2 is 2.26 bits per heavy atom. The number of hydrogen-bond acceptors (Lipinski definition) is 3. The van der Waals surface area contributed by atoms with Crippen LogP contribution in [0.5, 0.6) is 0 Å². The molecule has 2 N–H and O–H groups in total. The minimum atomic E-state index is -0.0723. The zero-order valence-electron chi connectivity index (χ0n) is 13.2. The average Bonchev–Trinajstić information content (AvgIpc) is 3.06. The summed E-state index contributed by atoms with van der Waals surface area (Å²) in [4.78, 5) is 12.3. The standard InChI is InChI=1S/C18H22N4O/c23-18(20-11-14-10-13-4-1-2-6-16(13)14)17-7-9-22(21-17)15-5-3-8-19-12-15/h1-2,4,6-7,9,14-15,19H,3,5,8,10-12H2,(H,20,23)/t14-,15-/m0/s1. The predicted molar refractivity (Wildman–Crippen MR) is 88.6 cm³/mol. The summed E-state index contributed by atoms with van der Waals surface area (Å²) in [5.74, 6) is 0.372. The molecule has 23 heavy (non-hydrogen) atoms. The van der Waals surface area contributed by atoms with Gasteiger partial charge < -0.3 is 10.6 Å². The number of benzene rings is 1. The Bertz CT molecular complexity index is 703. The number of hydrogen-bond donors (Lipinski definition) is 2. The first-order valence-electron chi connectivity index (χ1n) is 8.43. The number of nitrogens with one attached hydrogen (secondary N) is 2. The molecule has 2 aromatic rings. The SMILES string of the molecule is O=C(NC[C@@H]1Cc2ccccc21)c1ccn([C@H]2CCCNC2)n1. The second-order valence-electron chi connectivity index (χ2n) is 6.49.